The lowest BCUT2D eigenvalue weighted by molar-refractivity contribution is -0.118. The summed E-state index contributed by atoms with van der Waals surface area (Å²) < 4.78 is 5.31. The molecule has 1 N–H and O–H groups in total. The van der Waals surface area contributed by atoms with E-state index in [9.17, 15) is 9.90 Å². The number of hydrogen-bond donors (Lipinski definition) is 1. The molecule has 4 nitrogen and oxygen atoms in total. The first-order valence-electron chi connectivity index (χ1n) is 7.87. The van der Waals surface area contributed by atoms with Crippen molar-refractivity contribution >= 4 is 5.78 Å². The topological polar surface area (TPSA) is 49.8 Å². The predicted octanol–water partition coefficient (Wildman–Crippen LogP) is 2.04. The Bertz CT molecular complexity index is 681. The first-order chi connectivity index (χ1) is 10.6. The molecule has 1 aromatic carbocycles. The molecule has 3 aliphatic rings. The Balaban J connectivity index is 1.98. The van der Waals surface area contributed by atoms with Crippen LogP contribution in [0.1, 0.15) is 24.0 Å². The highest BCUT2D eigenvalue weighted by molar-refractivity contribution is 5.92. The smallest absolute Gasteiger partial charge is 0.161 e. The van der Waals surface area contributed by atoms with Gasteiger partial charge in [0.1, 0.15) is 0 Å². The van der Waals surface area contributed by atoms with Crippen molar-refractivity contribution in [2.24, 2.45) is 5.92 Å². The second-order valence-electron chi connectivity index (χ2n) is 6.84. The van der Waals surface area contributed by atoms with Gasteiger partial charge in [0.25, 0.3) is 0 Å². The number of rotatable bonds is 1. The average Bonchev–Trinajstić information content (AvgIpc) is 2.50. The molecule has 1 saturated heterocycles. The highest BCUT2D eigenvalue weighted by atomic mass is 16.5. The number of ketones is 1. The van der Waals surface area contributed by atoms with Crippen LogP contribution in [0.4, 0.5) is 0 Å². The number of methoxy groups -OCH3 is 1. The van der Waals surface area contributed by atoms with Crippen LogP contribution >= 0.6 is 0 Å². The Morgan fingerprint density at radius 1 is 1.41 bits per heavy atom. The molecule has 1 aromatic rings. The average molecular weight is 299 g/mol. The van der Waals surface area contributed by atoms with Crippen molar-refractivity contribution in [2.45, 2.75) is 30.7 Å². The first-order valence-corrected chi connectivity index (χ1v) is 7.87. The van der Waals surface area contributed by atoms with E-state index in [1.807, 2.05) is 6.07 Å². The summed E-state index contributed by atoms with van der Waals surface area (Å²) >= 11 is 0. The van der Waals surface area contributed by atoms with E-state index in [0.717, 1.165) is 30.5 Å². The van der Waals surface area contributed by atoms with E-state index in [4.69, 9.17) is 4.74 Å². The van der Waals surface area contributed by atoms with Gasteiger partial charge in [0.2, 0.25) is 0 Å². The lowest BCUT2D eigenvalue weighted by atomic mass is 9.53. The van der Waals surface area contributed by atoms with Crippen LogP contribution in [0.15, 0.2) is 24.3 Å². The van der Waals surface area contributed by atoms with Crippen LogP contribution in [-0.2, 0) is 16.6 Å². The first kappa shape index (κ1) is 13.8. The lowest BCUT2D eigenvalue weighted by Gasteiger charge is -2.56. The van der Waals surface area contributed by atoms with Gasteiger partial charge < -0.3 is 14.7 Å². The molecule has 1 aliphatic heterocycles. The summed E-state index contributed by atoms with van der Waals surface area (Å²) in [6.45, 7) is 0.957. The van der Waals surface area contributed by atoms with Crippen molar-refractivity contribution in [1.29, 1.82) is 0 Å². The fourth-order valence-electron chi connectivity index (χ4n) is 4.84. The van der Waals surface area contributed by atoms with Gasteiger partial charge >= 0.3 is 0 Å². The SMILES string of the molecule is COc1ccc2c(c1O)[C@]13CCN(C)[C@@H](C2)C1C=CC(=O)C3. The van der Waals surface area contributed by atoms with E-state index in [-0.39, 0.29) is 22.9 Å². The Hall–Kier alpha value is -1.81. The van der Waals surface area contributed by atoms with E-state index < -0.39 is 0 Å². The number of phenolic OH excluding ortho intramolecular Hbond substituents is 1. The third-order valence-electron chi connectivity index (χ3n) is 5.88. The molecular formula is C18H21NO3. The van der Waals surface area contributed by atoms with Gasteiger partial charge in [-0.15, -0.1) is 0 Å². The largest absolute Gasteiger partial charge is 0.504 e. The van der Waals surface area contributed by atoms with Crippen molar-refractivity contribution in [2.75, 3.05) is 20.7 Å². The zero-order chi connectivity index (χ0) is 15.5. The summed E-state index contributed by atoms with van der Waals surface area (Å²) in [7, 11) is 3.73. The molecule has 0 radical (unpaired) electrons. The van der Waals surface area contributed by atoms with Crippen LogP contribution in [0.5, 0.6) is 11.5 Å². The van der Waals surface area contributed by atoms with Gasteiger partial charge in [-0.3, -0.25) is 4.79 Å². The summed E-state index contributed by atoms with van der Waals surface area (Å²) in [5.74, 6) is 1.19. The number of piperidine rings is 1. The number of likely N-dealkylation sites (tertiary alicyclic amines) is 1. The van der Waals surface area contributed by atoms with Crippen LogP contribution in [0.3, 0.4) is 0 Å². The van der Waals surface area contributed by atoms with E-state index >= 15 is 0 Å². The summed E-state index contributed by atoms with van der Waals surface area (Å²) in [6, 6.07) is 4.29. The van der Waals surface area contributed by atoms with Gasteiger partial charge in [-0.1, -0.05) is 12.1 Å². The zero-order valence-corrected chi connectivity index (χ0v) is 13.0. The molecule has 1 heterocycles. The second-order valence-corrected chi connectivity index (χ2v) is 6.84. The van der Waals surface area contributed by atoms with Gasteiger partial charge in [0.05, 0.1) is 7.11 Å². The maximum absolute atomic E-state index is 12.2. The van der Waals surface area contributed by atoms with E-state index in [2.05, 4.69) is 24.1 Å². The van der Waals surface area contributed by atoms with Crippen LogP contribution in [0, 0.1) is 5.92 Å². The normalized spacial score (nSPS) is 33.3. The molecule has 2 aliphatic carbocycles. The van der Waals surface area contributed by atoms with Gasteiger partial charge in [-0.25, -0.2) is 0 Å². The predicted molar refractivity (Wildman–Crippen MR) is 83.3 cm³/mol. The number of nitrogens with zero attached hydrogens (tertiary/aromatic N) is 1. The number of ether oxygens (including phenoxy) is 1. The van der Waals surface area contributed by atoms with Crippen LogP contribution in [0.25, 0.3) is 0 Å². The lowest BCUT2D eigenvalue weighted by Crippen LogP contribution is -2.59. The Morgan fingerprint density at radius 3 is 3.00 bits per heavy atom. The Morgan fingerprint density at radius 2 is 2.23 bits per heavy atom. The van der Waals surface area contributed by atoms with Crippen LogP contribution in [0.2, 0.25) is 0 Å². The number of hydrogen-bond acceptors (Lipinski definition) is 4. The molecule has 116 valence electrons. The molecule has 22 heavy (non-hydrogen) atoms. The quantitative estimate of drug-likeness (QED) is 0.862. The highest BCUT2D eigenvalue weighted by Crippen LogP contribution is 2.56. The summed E-state index contributed by atoms with van der Waals surface area (Å²) in [4.78, 5) is 14.6. The number of carbonyl (C=O) groups excluding carboxylic acids is 1. The number of phenols is 1. The summed E-state index contributed by atoms with van der Waals surface area (Å²) in [6.07, 6.45) is 6.11. The molecule has 0 spiro atoms. The third-order valence-corrected chi connectivity index (χ3v) is 5.88. The fourth-order valence-corrected chi connectivity index (χ4v) is 4.84. The van der Waals surface area contributed by atoms with Gasteiger partial charge in [0, 0.05) is 29.4 Å². The summed E-state index contributed by atoms with van der Waals surface area (Å²) in [5, 5.41) is 10.8. The number of aromatic hydroxyl groups is 1. The second kappa shape index (κ2) is 4.59. The van der Waals surface area contributed by atoms with Crippen molar-refractivity contribution in [3.63, 3.8) is 0 Å². The molecule has 4 heteroatoms. The molecule has 3 atom stereocenters. The van der Waals surface area contributed by atoms with E-state index in [1.54, 1.807) is 13.2 Å². The van der Waals surface area contributed by atoms with Gasteiger partial charge in [-0.2, -0.15) is 0 Å². The molecule has 2 bridgehead atoms. The van der Waals surface area contributed by atoms with Crippen molar-refractivity contribution in [3.8, 4) is 11.5 Å². The minimum atomic E-state index is -0.269. The number of benzene rings is 1. The molecule has 4 rings (SSSR count). The van der Waals surface area contributed by atoms with Crippen LogP contribution < -0.4 is 4.74 Å². The van der Waals surface area contributed by atoms with E-state index in [0.29, 0.717) is 18.2 Å². The maximum atomic E-state index is 12.2. The van der Waals surface area contributed by atoms with Crippen molar-refractivity contribution in [3.05, 3.63) is 35.4 Å². The number of carbonyl (C=O) groups is 1. The summed E-state index contributed by atoms with van der Waals surface area (Å²) in [5.41, 5.74) is 1.85. The number of fused-ring (bicyclic) bond motifs is 1. The van der Waals surface area contributed by atoms with Crippen molar-refractivity contribution < 1.29 is 14.6 Å². The van der Waals surface area contributed by atoms with Gasteiger partial charge in [-0.05, 0) is 44.1 Å². The molecule has 0 aromatic heterocycles. The Kier molecular flexibility index (Phi) is 2.89. The minimum absolute atomic E-state index is 0.162. The molecule has 0 amide bonds. The number of allylic oxidation sites excluding steroid dienone is 1. The monoisotopic (exact) mass is 299 g/mol. The standard InChI is InChI=1S/C18H21NO3/c1-19-8-7-18-10-12(20)4-5-13(18)14(19)9-11-3-6-15(22-2)17(21)16(11)18/h3-6,13-14,21H,7-10H2,1-2H3/t13?,14-,18-/m0/s1. The van der Waals surface area contributed by atoms with Crippen LogP contribution in [-0.4, -0.2) is 42.5 Å². The highest BCUT2D eigenvalue weighted by Gasteiger charge is 2.54. The molecule has 0 saturated carbocycles. The maximum Gasteiger partial charge on any atom is 0.161 e. The molecule has 1 fully saturated rings. The molecule has 1 unspecified atom stereocenters. The minimum Gasteiger partial charge on any atom is -0.504 e. The number of likely N-dealkylation sites (N-methyl/N-ethyl adjacent to an activating group) is 1. The molecular weight excluding hydrogens is 278 g/mol. The Labute approximate surface area is 130 Å². The zero-order valence-electron chi connectivity index (χ0n) is 13.0. The van der Waals surface area contributed by atoms with E-state index in [1.165, 1.54) is 0 Å². The third kappa shape index (κ3) is 1.64. The van der Waals surface area contributed by atoms with Gasteiger partial charge in [0.15, 0.2) is 17.3 Å². The van der Waals surface area contributed by atoms with Crippen molar-refractivity contribution in [1.82, 2.24) is 4.90 Å². The fraction of sp³-hybridized carbons (Fsp3) is 0.500.